The van der Waals surface area contributed by atoms with E-state index in [2.05, 4.69) is 10.5 Å². The summed E-state index contributed by atoms with van der Waals surface area (Å²) in [6.07, 6.45) is 0. The Morgan fingerprint density at radius 2 is 2.08 bits per heavy atom. The van der Waals surface area contributed by atoms with Crippen molar-refractivity contribution in [2.24, 2.45) is 0 Å². The third kappa shape index (κ3) is 4.02. The number of methoxy groups -OCH3 is 1. The largest absolute Gasteiger partial charge is 0.465 e. The second-order valence-corrected chi connectivity index (χ2v) is 5.58. The highest BCUT2D eigenvalue weighted by Gasteiger charge is 2.22. The summed E-state index contributed by atoms with van der Waals surface area (Å²) in [5.41, 5.74) is 0.385. The molecule has 0 aliphatic rings. The number of hydrogen-bond donors (Lipinski definition) is 1. The van der Waals surface area contributed by atoms with E-state index in [0.29, 0.717) is 35.2 Å². The van der Waals surface area contributed by atoms with Crippen LogP contribution in [0.3, 0.4) is 0 Å². The number of aromatic nitrogens is 1. The fourth-order valence-corrected chi connectivity index (χ4v) is 2.17. The van der Waals surface area contributed by atoms with Gasteiger partial charge in [0.15, 0.2) is 5.82 Å². The van der Waals surface area contributed by atoms with E-state index in [9.17, 15) is 9.59 Å². The molecule has 1 amide bonds. The van der Waals surface area contributed by atoms with Crippen LogP contribution in [0, 0.1) is 13.8 Å². The molecule has 0 radical (unpaired) electrons. The van der Waals surface area contributed by atoms with Crippen LogP contribution in [0.5, 0.6) is 0 Å². The van der Waals surface area contributed by atoms with Gasteiger partial charge >= 0.3 is 5.97 Å². The minimum Gasteiger partial charge on any atom is -0.465 e. The van der Waals surface area contributed by atoms with Crippen molar-refractivity contribution in [3.8, 4) is 0 Å². The van der Waals surface area contributed by atoms with E-state index in [4.69, 9.17) is 13.7 Å². The number of ether oxygens (including phenoxy) is 1. The lowest BCUT2D eigenvalue weighted by Crippen LogP contribution is -2.39. The maximum Gasteiger partial charge on any atom is 0.341 e. The number of amides is 1. The predicted octanol–water partition coefficient (Wildman–Crippen LogP) is 2.13. The van der Waals surface area contributed by atoms with Crippen molar-refractivity contribution in [3.05, 3.63) is 35.0 Å². The summed E-state index contributed by atoms with van der Waals surface area (Å²) in [5, 5.41) is 6.41. The molecule has 2 aromatic heterocycles. The van der Waals surface area contributed by atoms with Crippen LogP contribution >= 0.6 is 0 Å². The van der Waals surface area contributed by atoms with Gasteiger partial charge in [0.2, 0.25) is 5.91 Å². The van der Waals surface area contributed by atoms with Crippen molar-refractivity contribution >= 4 is 17.7 Å². The van der Waals surface area contributed by atoms with Crippen LogP contribution in [0.1, 0.15) is 34.6 Å². The van der Waals surface area contributed by atoms with Crippen LogP contribution in [-0.4, -0.2) is 42.1 Å². The summed E-state index contributed by atoms with van der Waals surface area (Å²) in [7, 11) is 3.10. The van der Waals surface area contributed by atoms with Crippen molar-refractivity contribution in [2.75, 3.05) is 19.5 Å². The number of furan rings is 1. The molecule has 2 aromatic rings. The first kappa shape index (κ1) is 17.7. The molecule has 0 aromatic carbocycles. The van der Waals surface area contributed by atoms with Gasteiger partial charge in [-0.3, -0.25) is 9.69 Å². The highest BCUT2D eigenvalue weighted by molar-refractivity contribution is 5.93. The second kappa shape index (κ2) is 7.31. The van der Waals surface area contributed by atoms with Gasteiger partial charge in [0.25, 0.3) is 0 Å². The Morgan fingerprint density at radius 1 is 1.38 bits per heavy atom. The first-order valence-electron chi connectivity index (χ1n) is 7.44. The number of carbonyl (C=O) groups excluding carboxylic acids is 2. The zero-order valence-corrected chi connectivity index (χ0v) is 14.4. The second-order valence-electron chi connectivity index (χ2n) is 5.58. The molecule has 0 aliphatic heterocycles. The summed E-state index contributed by atoms with van der Waals surface area (Å²) in [6, 6.07) is 2.83. The van der Waals surface area contributed by atoms with Crippen molar-refractivity contribution in [3.63, 3.8) is 0 Å². The zero-order valence-electron chi connectivity index (χ0n) is 14.4. The average molecular weight is 335 g/mol. The van der Waals surface area contributed by atoms with Crippen LogP contribution in [0.15, 0.2) is 21.1 Å². The van der Waals surface area contributed by atoms with Crippen molar-refractivity contribution in [1.29, 1.82) is 0 Å². The van der Waals surface area contributed by atoms with Crippen molar-refractivity contribution in [1.82, 2.24) is 10.1 Å². The fourth-order valence-electron chi connectivity index (χ4n) is 2.17. The Morgan fingerprint density at radius 3 is 2.67 bits per heavy atom. The molecule has 0 saturated carbocycles. The highest BCUT2D eigenvalue weighted by Crippen LogP contribution is 2.18. The standard InChI is InChI=1S/C16H21N3O5/c1-9-6-14(18-24-9)17-15(20)10(2)19(4)8-12-7-13(11(3)23-12)16(21)22-5/h6-7,10H,8H2,1-5H3,(H,17,18,20). The Hall–Kier alpha value is -2.61. The van der Waals surface area contributed by atoms with E-state index in [1.54, 1.807) is 44.9 Å². The number of aryl methyl sites for hydroxylation is 2. The van der Waals surface area contributed by atoms with E-state index < -0.39 is 12.0 Å². The Bertz CT molecular complexity index is 734. The molecule has 0 fully saturated rings. The molecule has 24 heavy (non-hydrogen) atoms. The summed E-state index contributed by atoms with van der Waals surface area (Å²) < 4.78 is 15.2. The number of hydrogen-bond acceptors (Lipinski definition) is 7. The number of carbonyl (C=O) groups is 2. The van der Waals surface area contributed by atoms with Gasteiger partial charge in [0, 0.05) is 6.07 Å². The molecule has 8 nitrogen and oxygen atoms in total. The topological polar surface area (TPSA) is 97.8 Å². The number of likely N-dealkylation sites (N-methyl/N-ethyl adjacent to an activating group) is 1. The lowest BCUT2D eigenvalue weighted by molar-refractivity contribution is -0.120. The Labute approximate surface area is 139 Å². The molecule has 1 atom stereocenters. The van der Waals surface area contributed by atoms with Crippen molar-refractivity contribution in [2.45, 2.75) is 33.4 Å². The number of nitrogens with zero attached hydrogens (tertiary/aromatic N) is 2. The summed E-state index contributed by atoms with van der Waals surface area (Å²) in [5.74, 6) is 1.39. The number of anilines is 1. The van der Waals surface area contributed by atoms with Gasteiger partial charge in [-0.25, -0.2) is 4.79 Å². The van der Waals surface area contributed by atoms with E-state index in [0.717, 1.165) is 0 Å². The molecule has 0 bridgehead atoms. The maximum absolute atomic E-state index is 12.2. The van der Waals surface area contributed by atoms with Gasteiger partial charge in [-0.05, 0) is 33.9 Å². The van der Waals surface area contributed by atoms with E-state index in [-0.39, 0.29) is 5.91 Å². The molecule has 0 aliphatic carbocycles. The lowest BCUT2D eigenvalue weighted by Gasteiger charge is -2.22. The maximum atomic E-state index is 12.2. The summed E-state index contributed by atoms with van der Waals surface area (Å²) >= 11 is 0. The molecule has 2 heterocycles. The number of nitrogens with one attached hydrogen (secondary N) is 1. The fraction of sp³-hybridized carbons (Fsp3) is 0.438. The molecule has 0 saturated heterocycles. The molecule has 1 unspecified atom stereocenters. The van der Waals surface area contributed by atoms with Gasteiger partial charge < -0.3 is 19.0 Å². The molecule has 2 rings (SSSR count). The Kier molecular flexibility index (Phi) is 5.40. The summed E-state index contributed by atoms with van der Waals surface area (Å²) in [4.78, 5) is 25.6. The molecule has 8 heteroatoms. The molecular formula is C16H21N3O5. The van der Waals surface area contributed by atoms with E-state index in [1.807, 2.05) is 0 Å². The molecule has 1 N–H and O–H groups in total. The smallest absolute Gasteiger partial charge is 0.341 e. The van der Waals surface area contributed by atoms with Gasteiger partial charge in [0.1, 0.15) is 22.8 Å². The first-order chi connectivity index (χ1) is 11.3. The van der Waals surface area contributed by atoms with E-state index >= 15 is 0 Å². The van der Waals surface area contributed by atoms with E-state index in [1.165, 1.54) is 7.11 Å². The van der Waals surface area contributed by atoms with Gasteiger partial charge in [-0.1, -0.05) is 5.16 Å². The molecular weight excluding hydrogens is 314 g/mol. The third-order valence-corrected chi connectivity index (χ3v) is 3.70. The molecule has 130 valence electrons. The zero-order chi connectivity index (χ0) is 17.9. The van der Waals surface area contributed by atoms with Crippen molar-refractivity contribution < 1.29 is 23.3 Å². The lowest BCUT2D eigenvalue weighted by atomic mass is 10.2. The third-order valence-electron chi connectivity index (χ3n) is 3.70. The van der Waals surface area contributed by atoms with Gasteiger partial charge in [-0.2, -0.15) is 0 Å². The Balaban J connectivity index is 1.99. The number of rotatable bonds is 6. The van der Waals surface area contributed by atoms with Gasteiger partial charge in [0.05, 0.1) is 19.7 Å². The monoisotopic (exact) mass is 335 g/mol. The van der Waals surface area contributed by atoms with Crippen LogP contribution in [-0.2, 0) is 16.1 Å². The summed E-state index contributed by atoms with van der Waals surface area (Å²) in [6.45, 7) is 5.57. The van der Waals surface area contributed by atoms with Crippen LogP contribution in [0.4, 0.5) is 5.82 Å². The van der Waals surface area contributed by atoms with Crippen LogP contribution in [0.25, 0.3) is 0 Å². The molecule has 0 spiro atoms. The predicted molar refractivity (Wildman–Crippen MR) is 85.6 cm³/mol. The number of esters is 1. The first-order valence-corrected chi connectivity index (χ1v) is 7.44. The normalized spacial score (nSPS) is 12.2. The minimum atomic E-state index is -0.447. The SMILES string of the molecule is COC(=O)c1cc(CN(C)C(C)C(=O)Nc2cc(C)on2)oc1C. The highest BCUT2D eigenvalue weighted by atomic mass is 16.5. The average Bonchev–Trinajstić information content (AvgIpc) is 3.11. The quantitative estimate of drug-likeness (QED) is 0.807. The minimum absolute atomic E-state index is 0.220. The van der Waals surface area contributed by atoms with Gasteiger partial charge in [-0.15, -0.1) is 0 Å². The van der Waals surface area contributed by atoms with Crippen LogP contribution in [0.2, 0.25) is 0 Å². The van der Waals surface area contributed by atoms with Crippen LogP contribution < -0.4 is 5.32 Å².